The maximum atomic E-state index is 10.2. The number of hydrogen-bond acceptors (Lipinski definition) is 3. The highest BCUT2D eigenvalue weighted by atomic mass is 32.2. The van der Waals surface area contributed by atoms with Crippen molar-refractivity contribution in [2.24, 2.45) is 11.3 Å². The summed E-state index contributed by atoms with van der Waals surface area (Å²) in [6, 6.07) is 0.650. The van der Waals surface area contributed by atoms with E-state index in [0.717, 1.165) is 25.8 Å². The molecule has 0 spiro atoms. The predicted molar refractivity (Wildman–Crippen MR) is 82.2 cm³/mol. The van der Waals surface area contributed by atoms with E-state index in [0.29, 0.717) is 17.4 Å². The lowest BCUT2D eigenvalue weighted by atomic mass is 9.70. The molecule has 3 atom stereocenters. The molecule has 1 fully saturated rings. The highest BCUT2D eigenvalue weighted by Crippen LogP contribution is 2.39. The van der Waals surface area contributed by atoms with Gasteiger partial charge in [0.1, 0.15) is 0 Å². The van der Waals surface area contributed by atoms with Crippen molar-refractivity contribution < 1.29 is 5.11 Å². The number of nitrogens with zero attached hydrogens (tertiary/aromatic N) is 1. The van der Waals surface area contributed by atoms with Crippen LogP contribution in [-0.4, -0.2) is 47.8 Å². The lowest BCUT2D eigenvalue weighted by Gasteiger charge is -2.41. The standard InChI is InChI=1S/C15H31NOS/c1-6-13(11-18-5)16(4)10-12-9-15(2,3)8-7-14(12)17/h12-14,17H,6-11H2,1-5H3. The smallest absolute Gasteiger partial charge is 0.0581 e. The van der Waals surface area contributed by atoms with Crippen LogP contribution in [0.15, 0.2) is 0 Å². The second-order valence-corrected chi connectivity index (χ2v) is 7.60. The number of aliphatic hydroxyl groups is 1. The zero-order valence-corrected chi connectivity index (χ0v) is 13.6. The monoisotopic (exact) mass is 273 g/mol. The molecule has 0 aliphatic heterocycles. The molecule has 1 saturated carbocycles. The fourth-order valence-corrected chi connectivity index (χ4v) is 4.05. The van der Waals surface area contributed by atoms with E-state index >= 15 is 0 Å². The molecule has 3 unspecified atom stereocenters. The summed E-state index contributed by atoms with van der Waals surface area (Å²) in [5, 5.41) is 10.2. The van der Waals surface area contributed by atoms with E-state index in [1.165, 1.54) is 12.2 Å². The Bertz CT molecular complexity index is 245. The molecule has 0 radical (unpaired) electrons. The molecule has 18 heavy (non-hydrogen) atoms. The summed E-state index contributed by atoms with van der Waals surface area (Å²) in [6.45, 7) is 7.98. The Morgan fingerprint density at radius 2 is 2.11 bits per heavy atom. The molecule has 108 valence electrons. The highest BCUT2D eigenvalue weighted by Gasteiger charge is 2.34. The van der Waals surface area contributed by atoms with Crippen molar-refractivity contribution in [2.45, 2.75) is 58.6 Å². The number of thioether (sulfide) groups is 1. The minimum absolute atomic E-state index is 0.0905. The molecular weight excluding hydrogens is 242 g/mol. The Morgan fingerprint density at radius 3 is 2.67 bits per heavy atom. The Labute approximate surface area is 118 Å². The van der Waals surface area contributed by atoms with Gasteiger partial charge in [-0.2, -0.15) is 11.8 Å². The van der Waals surface area contributed by atoms with Crippen molar-refractivity contribution in [1.29, 1.82) is 0 Å². The topological polar surface area (TPSA) is 23.5 Å². The van der Waals surface area contributed by atoms with Gasteiger partial charge in [-0.3, -0.25) is 0 Å². The molecule has 1 N–H and O–H groups in total. The molecule has 0 aromatic heterocycles. The zero-order chi connectivity index (χ0) is 13.8. The van der Waals surface area contributed by atoms with E-state index in [4.69, 9.17) is 0 Å². The first-order valence-corrected chi connectivity index (χ1v) is 8.66. The largest absolute Gasteiger partial charge is 0.393 e. The first kappa shape index (κ1) is 16.3. The molecule has 0 heterocycles. The van der Waals surface area contributed by atoms with Gasteiger partial charge in [0.2, 0.25) is 0 Å². The molecule has 0 bridgehead atoms. The second kappa shape index (κ2) is 7.16. The maximum Gasteiger partial charge on any atom is 0.0581 e. The van der Waals surface area contributed by atoms with Gasteiger partial charge in [0.15, 0.2) is 0 Å². The zero-order valence-electron chi connectivity index (χ0n) is 12.8. The first-order chi connectivity index (χ1) is 8.39. The van der Waals surface area contributed by atoms with E-state index < -0.39 is 0 Å². The lowest BCUT2D eigenvalue weighted by Crippen LogP contribution is -2.43. The summed E-state index contributed by atoms with van der Waals surface area (Å²) in [7, 11) is 2.22. The quantitative estimate of drug-likeness (QED) is 0.803. The Hall–Kier alpha value is 0.270. The van der Waals surface area contributed by atoms with Crippen LogP contribution in [0.3, 0.4) is 0 Å². The summed E-state index contributed by atoms with van der Waals surface area (Å²) in [4.78, 5) is 2.46. The average molecular weight is 273 g/mol. The minimum Gasteiger partial charge on any atom is -0.393 e. The third kappa shape index (κ3) is 4.75. The molecule has 2 nitrogen and oxygen atoms in total. The third-order valence-corrected chi connectivity index (χ3v) is 5.17. The molecule has 1 aliphatic carbocycles. The summed E-state index contributed by atoms with van der Waals surface area (Å²) in [5.74, 6) is 1.65. The van der Waals surface area contributed by atoms with Gasteiger partial charge in [0.05, 0.1) is 6.10 Å². The summed E-state index contributed by atoms with van der Waals surface area (Å²) < 4.78 is 0. The van der Waals surface area contributed by atoms with Gasteiger partial charge in [-0.05, 0) is 50.3 Å². The Kier molecular flexibility index (Phi) is 6.49. The Morgan fingerprint density at radius 1 is 1.44 bits per heavy atom. The number of rotatable bonds is 6. The van der Waals surface area contributed by atoms with E-state index in [9.17, 15) is 5.11 Å². The van der Waals surface area contributed by atoms with Crippen molar-refractivity contribution >= 4 is 11.8 Å². The first-order valence-electron chi connectivity index (χ1n) is 7.27. The van der Waals surface area contributed by atoms with Crippen LogP contribution < -0.4 is 0 Å². The summed E-state index contributed by atoms with van der Waals surface area (Å²) in [5.41, 5.74) is 0.409. The van der Waals surface area contributed by atoms with Crippen LogP contribution in [0.5, 0.6) is 0 Å². The van der Waals surface area contributed by atoms with Crippen LogP contribution in [0, 0.1) is 11.3 Å². The SMILES string of the molecule is CCC(CSC)N(C)CC1CC(C)(C)CCC1O. The average Bonchev–Trinajstić information content (AvgIpc) is 2.30. The van der Waals surface area contributed by atoms with E-state index in [1.807, 2.05) is 11.8 Å². The van der Waals surface area contributed by atoms with Gasteiger partial charge >= 0.3 is 0 Å². The second-order valence-electron chi connectivity index (χ2n) is 6.69. The molecule has 1 aliphatic rings. The van der Waals surface area contributed by atoms with E-state index in [2.05, 4.69) is 39.0 Å². The maximum absolute atomic E-state index is 10.2. The summed E-state index contributed by atoms with van der Waals surface area (Å²) in [6.07, 6.45) is 6.58. The molecular formula is C15H31NOS. The van der Waals surface area contributed by atoms with Gasteiger partial charge in [0.25, 0.3) is 0 Å². The van der Waals surface area contributed by atoms with Gasteiger partial charge < -0.3 is 10.0 Å². The molecule has 0 aromatic carbocycles. The number of aliphatic hydroxyl groups excluding tert-OH is 1. The minimum atomic E-state index is -0.0905. The fraction of sp³-hybridized carbons (Fsp3) is 1.00. The Balaban J connectivity index is 2.53. The molecule has 3 heteroatoms. The normalized spacial score (nSPS) is 29.5. The lowest BCUT2D eigenvalue weighted by molar-refractivity contribution is 0.00318. The van der Waals surface area contributed by atoms with Crippen LogP contribution >= 0.6 is 11.8 Å². The van der Waals surface area contributed by atoms with E-state index in [-0.39, 0.29) is 6.10 Å². The van der Waals surface area contributed by atoms with Crippen LogP contribution in [0.4, 0.5) is 0 Å². The van der Waals surface area contributed by atoms with Crippen molar-refractivity contribution in [1.82, 2.24) is 4.90 Å². The van der Waals surface area contributed by atoms with Crippen LogP contribution in [0.1, 0.15) is 46.5 Å². The van der Waals surface area contributed by atoms with Crippen molar-refractivity contribution in [3.8, 4) is 0 Å². The molecule has 1 rings (SSSR count). The molecule has 0 aromatic rings. The van der Waals surface area contributed by atoms with Crippen molar-refractivity contribution in [3.05, 3.63) is 0 Å². The summed E-state index contributed by atoms with van der Waals surface area (Å²) >= 11 is 1.92. The molecule has 0 saturated heterocycles. The van der Waals surface area contributed by atoms with Crippen molar-refractivity contribution in [2.75, 3.05) is 25.6 Å². The number of hydrogen-bond donors (Lipinski definition) is 1. The van der Waals surface area contributed by atoms with Gasteiger partial charge in [-0.1, -0.05) is 20.8 Å². The highest BCUT2D eigenvalue weighted by molar-refractivity contribution is 7.98. The van der Waals surface area contributed by atoms with E-state index in [1.54, 1.807) is 0 Å². The third-order valence-electron chi connectivity index (χ3n) is 4.45. The van der Waals surface area contributed by atoms with Crippen molar-refractivity contribution in [3.63, 3.8) is 0 Å². The molecule has 0 amide bonds. The fourth-order valence-electron chi connectivity index (χ4n) is 3.18. The van der Waals surface area contributed by atoms with Crippen LogP contribution in [-0.2, 0) is 0 Å². The van der Waals surface area contributed by atoms with Gasteiger partial charge in [-0.15, -0.1) is 0 Å². The van der Waals surface area contributed by atoms with Crippen LogP contribution in [0.2, 0.25) is 0 Å². The van der Waals surface area contributed by atoms with Gasteiger partial charge in [-0.25, -0.2) is 0 Å². The van der Waals surface area contributed by atoms with Crippen LogP contribution in [0.25, 0.3) is 0 Å². The predicted octanol–water partition coefficient (Wildman–Crippen LogP) is 3.25. The van der Waals surface area contributed by atoms with Gasteiger partial charge in [0, 0.05) is 18.3 Å².